The molecule has 2 heterocycles. The molecule has 0 saturated carbocycles. The number of nitrogens with zero attached hydrogens (tertiary/aromatic N) is 1. The highest BCUT2D eigenvalue weighted by Crippen LogP contribution is 2.23. The molecule has 3 aromatic rings. The van der Waals surface area contributed by atoms with Crippen molar-refractivity contribution in [2.24, 2.45) is 0 Å². The lowest BCUT2D eigenvalue weighted by Crippen LogP contribution is -2.15. The van der Waals surface area contributed by atoms with E-state index in [4.69, 9.17) is 4.74 Å². The van der Waals surface area contributed by atoms with E-state index in [2.05, 4.69) is 4.98 Å². The topological polar surface area (TPSA) is 64.1 Å². The maximum Gasteiger partial charge on any atom is 0.340 e. The van der Waals surface area contributed by atoms with Crippen LogP contribution in [0.15, 0.2) is 48.7 Å². The number of aryl methyl sites for hydroxylation is 2. The van der Waals surface area contributed by atoms with Gasteiger partial charge in [0.25, 0.3) is 0 Å². The molecule has 128 valence electrons. The van der Waals surface area contributed by atoms with Crippen LogP contribution in [-0.2, 0) is 11.3 Å². The third-order valence-electron chi connectivity index (χ3n) is 4.25. The molecule has 0 aliphatic heterocycles. The maximum atomic E-state index is 13.1. The Kier molecular flexibility index (Phi) is 4.57. The molecule has 1 N–H and O–H groups in total. The van der Waals surface area contributed by atoms with Gasteiger partial charge in [-0.25, -0.2) is 4.79 Å². The van der Waals surface area contributed by atoms with Crippen LogP contribution in [0.1, 0.15) is 43.4 Å². The number of hydrogen-bond donors (Lipinski definition) is 1. The molecular formula is C20H20N2O3. The number of benzene rings is 1. The minimum atomic E-state index is -0.508. The quantitative estimate of drug-likeness (QED) is 0.573. The summed E-state index contributed by atoms with van der Waals surface area (Å²) in [6.07, 6.45) is 1.87. The van der Waals surface area contributed by atoms with Gasteiger partial charge in [0, 0.05) is 24.1 Å². The van der Waals surface area contributed by atoms with Crippen LogP contribution in [0.3, 0.4) is 0 Å². The Labute approximate surface area is 146 Å². The van der Waals surface area contributed by atoms with Crippen molar-refractivity contribution < 1.29 is 14.3 Å². The molecular weight excluding hydrogens is 316 g/mol. The lowest BCUT2D eigenvalue weighted by molar-refractivity contribution is 0.0597. The first kappa shape index (κ1) is 16.8. The number of aromatic nitrogens is 2. The zero-order chi connectivity index (χ0) is 18.0. The largest absolute Gasteiger partial charge is 0.465 e. The van der Waals surface area contributed by atoms with Crippen molar-refractivity contribution in [2.45, 2.75) is 20.4 Å². The minimum absolute atomic E-state index is 0.191. The van der Waals surface area contributed by atoms with E-state index in [0.29, 0.717) is 34.8 Å². The van der Waals surface area contributed by atoms with Gasteiger partial charge >= 0.3 is 5.97 Å². The zero-order valence-corrected chi connectivity index (χ0v) is 14.5. The summed E-state index contributed by atoms with van der Waals surface area (Å²) < 4.78 is 6.74. The molecule has 25 heavy (non-hydrogen) atoms. The van der Waals surface area contributed by atoms with Crippen molar-refractivity contribution in [1.29, 1.82) is 0 Å². The second-order valence-electron chi connectivity index (χ2n) is 5.95. The van der Waals surface area contributed by atoms with Crippen molar-refractivity contribution in [3.05, 3.63) is 82.4 Å². The summed E-state index contributed by atoms with van der Waals surface area (Å²) in [5, 5.41) is 0. The van der Waals surface area contributed by atoms with Crippen LogP contribution < -0.4 is 0 Å². The summed E-state index contributed by atoms with van der Waals surface area (Å²) in [5.41, 5.74) is 3.61. The number of H-pyrrole nitrogens is 1. The van der Waals surface area contributed by atoms with Gasteiger partial charge in [0.1, 0.15) is 0 Å². The fourth-order valence-electron chi connectivity index (χ4n) is 3.09. The molecule has 0 aliphatic carbocycles. The van der Waals surface area contributed by atoms with Crippen molar-refractivity contribution in [2.75, 3.05) is 7.11 Å². The summed E-state index contributed by atoms with van der Waals surface area (Å²) in [4.78, 5) is 28.3. The fraction of sp³-hybridized carbons (Fsp3) is 0.200. The third-order valence-corrected chi connectivity index (χ3v) is 4.25. The van der Waals surface area contributed by atoms with Crippen molar-refractivity contribution in [1.82, 2.24) is 9.55 Å². The monoisotopic (exact) mass is 336 g/mol. The van der Waals surface area contributed by atoms with E-state index in [1.807, 2.05) is 47.2 Å². The van der Waals surface area contributed by atoms with E-state index in [-0.39, 0.29) is 5.78 Å². The van der Waals surface area contributed by atoms with Gasteiger partial charge in [0.2, 0.25) is 5.78 Å². The van der Waals surface area contributed by atoms with Gasteiger partial charge in [-0.3, -0.25) is 4.79 Å². The van der Waals surface area contributed by atoms with Crippen LogP contribution in [0.5, 0.6) is 0 Å². The average Bonchev–Trinajstić information content (AvgIpc) is 3.18. The molecule has 0 amide bonds. The van der Waals surface area contributed by atoms with Gasteiger partial charge in [0.15, 0.2) is 0 Å². The van der Waals surface area contributed by atoms with E-state index >= 15 is 0 Å². The highest BCUT2D eigenvalue weighted by atomic mass is 16.5. The number of ketones is 1. The smallest absolute Gasteiger partial charge is 0.340 e. The number of ether oxygens (including phenoxy) is 1. The van der Waals surface area contributed by atoms with Crippen LogP contribution >= 0.6 is 0 Å². The highest BCUT2D eigenvalue weighted by Gasteiger charge is 2.27. The number of methoxy groups -OCH3 is 1. The Bertz CT molecular complexity index is 920. The first-order chi connectivity index (χ1) is 12.0. The predicted molar refractivity (Wildman–Crippen MR) is 95.0 cm³/mol. The molecule has 0 unspecified atom stereocenters. The van der Waals surface area contributed by atoms with Crippen LogP contribution in [-0.4, -0.2) is 28.4 Å². The molecule has 2 aromatic heterocycles. The Morgan fingerprint density at radius 2 is 1.68 bits per heavy atom. The van der Waals surface area contributed by atoms with Gasteiger partial charge in [-0.2, -0.15) is 0 Å². The first-order valence-corrected chi connectivity index (χ1v) is 8.04. The van der Waals surface area contributed by atoms with E-state index in [0.717, 1.165) is 5.56 Å². The Balaban J connectivity index is 2.01. The standard InChI is InChI=1S/C20H20N2O3/c1-13-17(18(14(2)21-13)20(24)25-3)19(23)16-10-7-11-22(16)12-15-8-5-4-6-9-15/h4-11,21H,12H2,1-3H3. The number of nitrogens with one attached hydrogen (secondary N) is 1. The second kappa shape index (κ2) is 6.81. The molecule has 0 bridgehead atoms. The highest BCUT2D eigenvalue weighted by molar-refractivity contribution is 6.15. The molecule has 0 aliphatic rings. The van der Waals surface area contributed by atoms with Crippen molar-refractivity contribution >= 4 is 11.8 Å². The SMILES string of the molecule is COC(=O)c1c(C)[nH]c(C)c1C(=O)c1cccn1Cc1ccccc1. The second-order valence-corrected chi connectivity index (χ2v) is 5.95. The summed E-state index contributed by atoms with van der Waals surface area (Å²) >= 11 is 0. The van der Waals surface area contributed by atoms with Gasteiger partial charge in [0.05, 0.1) is 23.9 Å². The van der Waals surface area contributed by atoms with Crippen LogP contribution in [0, 0.1) is 13.8 Å². The molecule has 1 aromatic carbocycles. The molecule has 0 radical (unpaired) electrons. The predicted octanol–water partition coefficient (Wildman–Crippen LogP) is 3.50. The summed E-state index contributed by atoms with van der Waals surface area (Å²) in [6, 6.07) is 13.5. The number of rotatable bonds is 5. The van der Waals surface area contributed by atoms with Crippen LogP contribution in [0.2, 0.25) is 0 Å². The fourth-order valence-corrected chi connectivity index (χ4v) is 3.09. The van der Waals surface area contributed by atoms with Gasteiger partial charge in [-0.05, 0) is 31.5 Å². The summed E-state index contributed by atoms with van der Waals surface area (Å²) in [6.45, 7) is 4.14. The Morgan fingerprint density at radius 1 is 1.00 bits per heavy atom. The lowest BCUT2D eigenvalue weighted by Gasteiger charge is -2.10. The van der Waals surface area contributed by atoms with E-state index < -0.39 is 5.97 Å². The first-order valence-electron chi connectivity index (χ1n) is 8.04. The van der Waals surface area contributed by atoms with Crippen molar-refractivity contribution in [3.8, 4) is 0 Å². The zero-order valence-electron chi connectivity index (χ0n) is 14.5. The Hall–Kier alpha value is -3.08. The number of hydrogen-bond acceptors (Lipinski definition) is 3. The third kappa shape index (κ3) is 3.13. The van der Waals surface area contributed by atoms with Crippen molar-refractivity contribution in [3.63, 3.8) is 0 Å². The van der Waals surface area contributed by atoms with Crippen LogP contribution in [0.25, 0.3) is 0 Å². The summed E-state index contributed by atoms with van der Waals surface area (Å²) in [7, 11) is 1.32. The van der Waals surface area contributed by atoms with Crippen LogP contribution in [0.4, 0.5) is 0 Å². The lowest BCUT2D eigenvalue weighted by atomic mass is 10.0. The number of esters is 1. The van der Waals surface area contributed by atoms with E-state index in [9.17, 15) is 9.59 Å². The molecule has 3 rings (SSSR count). The normalized spacial score (nSPS) is 10.7. The van der Waals surface area contributed by atoms with Gasteiger partial charge in [-0.15, -0.1) is 0 Å². The summed E-state index contributed by atoms with van der Waals surface area (Å²) in [5.74, 6) is -0.699. The van der Waals surface area contributed by atoms with Gasteiger partial charge in [-0.1, -0.05) is 30.3 Å². The molecule has 0 saturated heterocycles. The number of carbonyl (C=O) groups excluding carboxylic acids is 2. The molecule has 5 nitrogen and oxygen atoms in total. The number of aromatic amines is 1. The average molecular weight is 336 g/mol. The molecule has 0 fully saturated rings. The maximum absolute atomic E-state index is 13.1. The van der Waals surface area contributed by atoms with E-state index in [1.54, 1.807) is 19.9 Å². The van der Waals surface area contributed by atoms with E-state index in [1.165, 1.54) is 7.11 Å². The number of carbonyl (C=O) groups is 2. The molecule has 0 spiro atoms. The van der Waals surface area contributed by atoms with Gasteiger partial charge < -0.3 is 14.3 Å². The Morgan fingerprint density at radius 3 is 2.36 bits per heavy atom. The molecule has 0 atom stereocenters. The minimum Gasteiger partial charge on any atom is -0.465 e. The molecule has 5 heteroatoms.